The minimum atomic E-state index is -1.51. The van der Waals surface area contributed by atoms with Gasteiger partial charge in [-0.25, -0.2) is 4.79 Å². The minimum absolute atomic E-state index is 0.0650. The van der Waals surface area contributed by atoms with E-state index in [2.05, 4.69) is 15.9 Å². The molecule has 0 unspecified atom stereocenters. The maximum atomic E-state index is 11.5. The second kappa shape index (κ2) is 5.18. The topological polar surface area (TPSA) is 72.8 Å². The molecule has 1 aromatic carbocycles. The molecule has 0 bridgehead atoms. The van der Waals surface area contributed by atoms with Gasteiger partial charge in [0.2, 0.25) is 0 Å². The summed E-state index contributed by atoms with van der Waals surface area (Å²) < 4.78 is 10.4. The number of ether oxygens (including phenoxy) is 2. The molecule has 0 spiro atoms. The number of hydrogen-bond acceptors (Lipinski definition) is 4. The molecule has 5 nitrogen and oxygen atoms in total. The molecule has 1 aromatic rings. The van der Waals surface area contributed by atoms with Crippen molar-refractivity contribution < 1.29 is 24.2 Å². The average molecular weight is 303 g/mol. The monoisotopic (exact) mass is 302 g/mol. The number of carboxylic acid groups (broad SMARTS) is 1. The summed E-state index contributed by atoms with van der Waals surface area (Å²) in [4.78, 5) is 22.2. The Morgan fingerprint density at radius 2 is 1.88 bits per heavy atom. The van der Waals surface area contributed by atoms with Crippen LogP contribution in [0.2, 0.25) is 0 Å². The summed E-state index contributed by atoms with van der Waals surface area (Å²) in [6.45, 7) is 1.63. The van der Waals surface area contributed by atoms with Crippen molar-refractivity contribution in [3.05, 3.63) is 21.7 Å². The van der Waals surface area contributed by atoms with Crippen LogP contribution in [0.25, 0.3) is 0 Å². The Morgan fingerprint density at radius 1 is 1.29 bits per heavy atom. The van der Waals surface area contributed by atoms with Gasteiger partial charge in [-0.1, -0.05) is 0 Å². The standard InChI is InChI=1S/C11H11BrO5/c1-5-4-6(16-2)10(17-3)8(12)7(5)9(13)11(14)15/h4H,1-3H3,(H,14,15). The number of aryl methyl sites for hydroxylation is 1. The zero-order chi connectivity index (χ0) is 13.2. The Balaban J connectivity index is 3.52. The summed E-state index contributed by atoms with van der Waals surface area (Å²) >= 11 is 3.16. The number of rotatable bonds is 4. The molecule has 0 atom stereocenters. The molecule has 0 aliphatic rings. The Hall–Kier alpha value is -1.56. The van der Waals surface area contributed by atoms with Gasteiger partial charge in [0.25, 0.3) is 5.78 Å². The van der Waals surface area contributed by atoms with Gasteiger partial charge in [0, 0.05) is 0 Å². The van der Waals surface area contributed by atoms with Crippen molar-refractivity contribution in [1.29, 1.82) is 0 Å². The van der Waals surface area contributed by atoms with Crippen molar-refractivity contribution in [3.8, 4) is 11.5 Å². The van der Waals surface area contributed by atoms with Gasteiger partial charge in [-0.2, -0.15) is 0 Å². The van der Waals surface area contributed by atoms with Gasteiger partial charge >= 0.3 is 5.97 Å². The van der Waals surface area contributed by atoms with E-state index >= 15 is 0 Å². The molecular formula is C11H11BrO5. The van der Waals surface area contributed by atoms with Crippen LogP contribution < -0.4 is 9.47 Å². The van der Waals surface area contributed by atoms with Crippen molar-refractivity contribution in [2.75, 3.05) is 14.2 Å². The smallest absolute Gasteiger partial charge is 0.377 e. The quantitative estimate of drug-likeness (QED) is 0.680. The first-order valence-electron chi connectivity index (χ1n) is 4.62. The van der Waals surface area contributed by atoms with E-state index in [1.807, 2.05) is 0 Å². The Labute approximate surface area is 106 Å². The lowest BCUT2D eigenvalue weighted by Crippen LogP contribution is -2.15. The van der Waals surface area contributed by atoms with E-state index in [4.69, 9.17) is 14.6 Å². The van der Waals surface area contributed by atoms with Crippen LogP contribution in [0.1, 0.15) is 15.9 Å². The second-order valence-electron chi connectivity index (χ2n) is 3.25. The van der Waals surface area contributed by atoms with E-state index in [0.717, 1.165) is 0 Å². The zero-order valence-electron chi connectivity index (χ0n) is 9.54. The fraction of sp³-hybridized carbons (Fsp3) is 0.273. The van der Waals surface area contributed by atoms with Gasteiger partial charge in [0.15, 0.2) is 11.5 Å². The zero-order valence-corrected chi connectivity index (χ0v) is 11.1. The van der Waals surface area contributed by atoms with Crippen LogP contribution in [0.3, 0.4) is 0 Å². The van der Waals surface area contributed by atoms with Crippen LogP contribution >= 0.6 is 15.9 Å². The van der Waals surface area contributed by atoms with Crippen LogP contribution in [0, 0.1) is 6.92 Å². The molecule has 0 amide bonds. The molecule has 0 radical (unpaired) electrons. The normalized spacial score (nSPS) is 9.88. The van der Waals surface area contributed by atoms with E-state index in [0.29, 0.717) is 17.1 Å². The first kappa shape index (κ1) is 13.5. The van der Waals surface area contributed by atoms with Crippen molar-refractivity contribution in [3.63, 3.8) is 0 Å². The molecule has 0 aromatic heterocycles. The predicted molar refractivity (Wildman–Crippen MR) is 63.9 cm³/mol. The largest absolute Gasteiger partial charge is 0.493 e. The number of methoxy groups -OCH3 is 2. The third-order valence-electron chi connectivity index (χ3n) is 2.23. The van der Waals surface area contributed by atoms with Crippen molar-refractivity contribution in [2.24, 2.45) is 0 Å². The first-order chi connectivity index (χ1) is 7.93. The molecular weight excluding hydrogens is 292 g/mol. The van der Waals surface area contributed by atoms with E-state index in [9.17, 15) is 9.59 Å². The fourth-order valence-corrected chi connectivity index (χ4v) is 2.31. The van der Waals surface area contributed by atoms with E-state index in [-0.39, 0.29) is 10.0 Å². The molecule has 92 valence electrons. The molecule has 0 saturated heterocycles. The number of Topliss-reactive ketones (excluding diaryl/α,β-unsaturated/α-hetero) is 1. The molecule has 0 heterocycles. The molecule has 1 rings (SSSR count). The maximum Gasteiger partial charge on any atom is 0.377 e. The second-order valence-corrected chi connectivity index (χ2v) is 4.05. The third kappa shape index (κ3) is 2.41. The highest BCUT2D eigenvalue weighted by atomic mass is 79.9. The predicted octanol–water partition coefficient (Wildman–Crippen LogP) is 2.04. The highest BCUT2D eigenvalue weighted by molar-refractivity contribution is 9.10. The van der Waals surface area contributed by atoms with Crippen LogP contribution in [-0.4, -0.2) is 31.1 Å². The van der Waals surface area contributed by atoms with Crippen molar-refractivity contribution >= 4 is 27.7 Å². The number of aliphatic carboxylic acids is 1. The minimum Gasteiger partial charge on any atom is -0.493 e. The van der Waals surface area contributed by atoms with Crippen LogP contribution in [-0.2, 0) is 4.79 Å². The van der Waals surface area contributed by atoms with Gasteiger partial charge in [0.1, 0.15) is 0 Å². The molecule has 17 heavy (non-hydrogen) atoms. The molecule has 0 saturated carbocycles. The van der Waals surface area contributed by atoms with Gasteiger partial charge in [-0.05, 0) is 34.5 Å². The summed E-state index contributed by atoms with van der Waals surface area (Å²) in [6, 6.07) is 1.56. The third-order valence-corrected chi connectivity index (χ3v) is 2.99. The lowest BCUT2D eigenvalue weighted by Gasteiger charge is -2.14. The number of carbonyl (C=O) groups excluding carboxylic acids is 1. The highest BCUT2D eigenvalue weighted by Crippen LogP contribution is 2.39. The average Bonchev–Trinajstić information content (AvgIpc) is 2.27. The molecule has 1 N–H and O–H groups in total. The van der Waals surface area contributed by atoms with Crippen molar-refractivity contribution in [1.82, 2.24) is 0 Å². The van der Waals surface area contributed by atoms with E-state index in [1.54, 1.807) is 13.0 Å². The van der Waals surface area contributed by atoms with Gasteiger partial charge in [0.05, 0.1) is 24.3 Å². The van der Waals surface area contributed by atoms with Gasteiger partial charge in [-0.3, -0.25) is 4.79 Å². The number of benzene rings is 1. The van der Waals surface area contributed by atoms with E-state index in [1.165, 1.54) is 14.2 Å². The Bertz CT molecular complexity index is 481. The SMILES string of the molecule is COc1cc(C)c(C(=O)C(=O)O)c(Br)c1OC. The summed E-state index contributed by atoms with van der Waals surface area (Å²) in [5, 5.41) is 8.73. The molecule has 6 heteroatoms. The fourth-order valence-electron chi connectivity index (χ4n) is 1.46. The summed E-state index contributed by atoms with van der Waals surface area (Å²) in [5.41, 5.74) is 0.567. The lowest BCUT2D eigenvalue weighted by atomic mass is 10.0. The molecule has 0 aliphatic heterocycles. The summed E-state index contributed by atoms with van der Waals surface area (Å²) in [7, 11) is 2.87. The Kier molecular flexibility index (Phi) is 4.11. The number of hydrogen-bond donors (Lipinski definition) is 1. The van der Waals surface area contributed by atoms with Crippen molar-refractivity contribution in [2.45, 2.75) is 6.92 Å². The molecule has 0 fully saturated rings. The first-order valence-corrected chi connectivity index (χ1v) is 5.42. The van der Waals surface area contributed by atoms with E-state index < -0.39 is 11.8 Å². The summed E-state index contributed by atoms with van der Waals surface area (Å²) in [6.07, 6.45) is 0. The highest BCUT2D eigenvalue weighted by Gasteiger charge is 2.25. The number of carboxylic acids is 1. The van der Waals surface area contributed by atoms with Crippen LogP contribution in [0.15, 0.2) is 10.5 Å². The number of ketones is 1. The number of carbonyl (C=O) groups is 2. The van der Waals surface area contributed by atoms with Gasteiger partial charge < -0.3 is 14.6 Å². The Morgan fingerprint density at radius 3 is 2.29 bits per heavy atom. The maximum absolute atomic E-state index is 11.5. The molecule has 0 aliphatic carbocycles. The number of halogens is 1. The van der Waals surface area contributed by atoms with Gasteiger partial charge in [-0.15, -0.1) is 0 Å². The lowest BCUT2D eigenvalue weighted by molar-refractivity contribution is -0.131. The summed E-state index contributed by atoms with van der Waals surface area (Å²) in [5.74, 6) is -1.78. The van der Waals surface area contributed by atoms with Crippen LogP contribution in [0.5, 0.6) is 11.5 Å². The van der Waals surface area contributed by atoms with Crippen LogP contribution in [0.4, 0.5) is 0 Å².